The molecule has 0 radical (unpaired) electrons. The van der Waals surface area contributed by atoms with E-state index >= 15 is 0 Å². The van der Waals surface area contributed by atoms with Crippen LogP contribution in [-0.2, 0) is 4.74 Å². The third kappa shape index (κ3) is 4.28. The summed E-state index contributed by atoms with van der Waals surface area (Å²) in [5.74, 6) is 0.771. The first-order chi connectivity index (χ1) is 11.2. The minimum absolute atomic E-state index is 0.0619. The highest BCUT2D eigenvalue weighted by molar-refractivity contribution is 5.57. The Hall–Kier alpha value is -1.96. The van der Waals surface area contributed by atoms with Crippen LogP contribution in [0.15, 0.2) is 6.20 Å². The van der Waals surface area contributed by atoms with Crippen LogP contribution in [0.25, 0.3) is 0 Å². The van der Waals surface area contributed by atoms with Crippen LogP contribution in [0.4, 0.5) is 17.5 Å². The van der Waals surface area contributed by atoms with Gasteiger partial charge < -0.3 is 15.4 Å². The largest absolute Gasteiger partial charge is 0.381 e. The molecule has 0 aromatic carbocycles. The number of nitrogens with zero attached hydrogens (tertiary/aromatic N) is 3. The minimum atomic E-state index is -0.427. The van der Waals surface area contributed by atoms with Gasteiger partial charge in [-0.25, -0.2) is 4.98 Å². The topological polar surface area (TPSA) is 102 Å². The van der Waals surface area contributed by atoms with Crippen LogP contribution >= 0.6 is 0 Å². The van der Waals surface area contributed by atoms with Crippen molar-refractivity contribution in [3.63, 3.8) is 0 Å². The zero-order valence-electron chi connectivity index (χ0n) is 13.2. The number of nitrogens with one attached hydrogen (secondary N) is 2. The van der Waals surface area contributed by atoms with Gasteiger partial charge in [0.15, 0.2) is 0 Å². The number of rotatable bonds is 5. The maximum absolute atomic E-state index is 11.2. The zero-order valence-corrected chi connectivity index (χ0v) is 13.2. The second-order valence-electron chi connectivity index (χ2n) is 6.19. The van der Waals surface area contributed by atoms with Gasteiger partial charge in [-0.15, -0.1) is 0 Å². The quantitative estimate of drug-likeness (QED) is 0.635. The van der Waals surface area contributed by atoms with Crippen molar-refractivity contribution in [3.8, 4) is 0 Å². The summed E-state index contributed by atoms with van der Waals surface area (Å²) in [7, 11) is 0. The molecular weight excluding hydrogens is 298 g/mol. The SMILES string of the molecule is O=[N+]([O-])c1cnc(NC2CCOCC2)nc1NC1CCCCC1. The molecule has 2 N–H and O–H groups in total. The molecule has 0 unspecified atom stereocenters. The second-order valence-corrected chi connectivity index (χ2v) is 6.19. The van der Waals surface area contributed by atoms with E-state index in [0.717, 1.165) is 51.7 Å². The average Bonchev–Trinajstić information content (AvgIpc) is 2.57. The van der Waals surface area contributed by atoms with Crippen molar-refractivity contribution in [2.75, 3.05) is 23.8 Å². The van der Waals surface area contributed by atoms with Crippen LogP contribution < -0.4 is 10.6 Å². The standard InChI is InChI=1S/C15H23N5O3/c21-20(22)13-10-16-15(18-12-6-8-23-9-7-12)19-14(13)17-11-4-2-1-3-5-11/h10-12H,1-9H2,(H2,16,17,18,19). The number of hydrogen-bond acceptors (Lipinski definition) is 7. The molecule has 0 spiro atoms. The van der Waals surface area contributed by atoms with Crippen LogP contribution in [0.3, 0.4) is 0 Å². The van der Waals surface area contributed by atoms with E-state index in [9.17, 15) is 10.1 Å². The lowest BCUT2D eigenvalue weighted by molar-refractivity contribution is -0.384. The first-order valence-corrected chi connectivity index (χ1v) is 8.34. The van der Waals surface area contributed by atoms with E-state index in [2.05, 4.69) is 20.6 Å². The fourth-order valence-corrected chi connectivity index (χ4v) is 3.15. The van der Waals surface area contributed by atoms with E-state index in [1.54, 1.807) is 0 Å². The predicted octanol–water partition coefficient (Wildman–Crippen LogP) is 2.72. The molecule has 0 bridgehead atoms. The van der Waals surface area contributed by atoms with Gasteiger partial charge in [-0.3, -0.25) is 10.1 Å². The molecule has 126 valence electrons. The molecule has 2 aliphatic rings. The van der Waals surface area contributed by atoms with Crippen LogP contribution in [0.1, 0.15) is 44.9 Å². The van der Waals surface area contributed by atoms with E-state index in [0.29, 0.717) is 11.8 Å². The van der Waals surface area contributed by atoms with Crippen LogP contribution in [0, 0.1) is 10.1 Å². The van der Waals surface area contributed by atoms with Crippen molar-refractivity contribution in [1.82, 2.24) is 9.97 Å². The van der Waals surface area contributed by atoms with E-state index in [4.69, 9.17) is 4.74 Å². The zero-order chi connectivity index (χ0) is 16.1. The van der Waals surface area contributed by atoms with E-state index in [1.165, 1.54) is 12.6 Å². The van der Waals surface area contributed by atoms with Crippen molar-refractivity contribution in [1.29, 1.82) is 0 Å². The molecule has 1 aromatic rings. The molecule has 0 atom stereocenters. The smallest absolute Gasteiger partial charge is 0.329 e. The Morgan fingerprint density at radius 1 is 1.09 bits per heavy atom. The maximum Gasteiger partial charge on any atom is 0.329 e. The van der Waals surface area contributed by atoms with E-state index in [1.807, 2.05) is 0 Å². The van der Waals surface area contributed by atoms with Gasteiger partial charge in [-0.05, 0) is 25.7 Å². The molecule has 2 heterocycles. The van der Waals surface area contributed by atoms with Gasteiger partial charge in [-0.2, -0.15) is 4.98 Å². The van der Waals surface area contributed by atoms with Crippen molar-refractivity contribution in [2.24, 2.45) is 0 Å². The van der Waals surface area contributed by atoms with Crippen molar-refractivity contribution in [2.45, 2.75) is 57.0 Å². The first kappa shape index (κ1) is 15.9. The first-order valence-electron chi connectivity index (χ1n) is 8.34. The molecule has 3 rings (SSSR count). The molecule has 2 fully saturated rings. The van der Waals surface area contributed by atoms with Crippen molar-refractivity contribution >= 4 is 17.5 Å². The van der Waals surface area contributed by atoms with Crippen LogP contribution in [0.5, 0.6) is 0 Å². The third-order valence-corrected chi connectivity index (χ3v) is 4.47. The lowest BCUT2D eigenvalue weighted by atomic mass is 9.95. The second kappa shape index (κ2) is 7.54. The molecule has 1 aliphatic heterocycles. The van der Waals surface area contributed by atoms with Gasteiger partial charge in [0.1, 0.15) is 6.20 Å². The van der Waals surface area contributed by atoms with E-state index < -0.39 is 4.92 Å². The molecule has 1 saturated heterocycles. The highest BCUT2D eigenvalue weighted by Crippen LogP contribution is 2.27. The van der Waals surface area contributed by atoms with Gasteiger partial charge in [-0.1, -0.05) is 19.3 Å². The van der Waals surface area contributed by atoms with E-state index in [-0.39, 0.29) is 17.8 Å². The lowest BCUT2D eigenvalue weighted by Gasteiger charge is -2.24. The Bertz CT molecular complexity index is 542. The lowest BCUT2D eigenvalue weighted by Crippen LogP contribution is -2.29. The summed E-state index contributed by atoms with van der Waals surface area (Å²) in [6, 6.07) is 0.515. The normalized spacial score (nSPS) is 20.2. The fourth-order valence-electron chi connectivity index (χ4n) is 3.15. The van der Waals surface area contributed by atoms with Crippen molar-refractivity contribution in [3.05, 3.63) is 16.3 Å². The Labute approximate surface area is 135 Å². The Morgan fingerprint density at radius 3 is 2.48 bits per heavy atom. The molecule has 8 heteroatoms. The highest BCUT2D eigenvalue weighted by Gasteiger charge is 2.23. The molecule has 1 aromatic heterocycles. The molecule has 0 amide bonds. The summed E-state index contributed by atoms with van der Waals surface area (Å²) in [6.07, 6.45) is 8.69. The van der Waals surface area contributed by atoms with Crippen LogP contribution in [0.2, 0.25) is 0 Å². The van der Waals surface area contributed by atoms with Crippen LogP contribution in [-0.4, -0.2) is 40.2 Å². The summed E-state index contributed by atoms with van der Waals surface area (Å²) in [5.41, 5.74) is -0.0619. The minimum Gasteiger partial charge on any atom is -0.381 e. The Balaban J connectivity index is 1.73. The van der Waals surface area contributed by atoms with Gasteiger partial charge in [0.05, 0.1) is 4.92 Å². The average molecular weight is 321 g/mol. The summed E-state index contributed by atoms with van der Waals surface area (Å²) >= 11 is 0. The maximum atomic E-state index is 11.2. The molecule has 1 saturated carbocycles. The summed E-state index contributed by atoms with van der Waals surface area (Å²) < 4.78 is 5.33. The number of hydrogen-bond donors (Lipinski definition) is 2. The summed E-state index contributed by atoms with van der Waals surface area (Å²) in [6.45, 7) is 1.44. The van der Waals surface area contributed by atoms with Crippen molar-refractivity contribution < 1.29 is 9.66 Å². The number of anilines is 2. The Kier molecular flexibility index (Phi) is 5.22. The molecule has 8 nitrogen and oxygen atoms in total. The summed E-state index contributed by atoms with van der Waals surface area (Å²) in [5, 5.41) is 17.7. The summed E-state index contributed by atoms with van der Waals surface area (Å²) in [4.78, 5) is 19.3. The Morgan fingerprint density at radius 2 is 1.78 bits per heavy atom. The molecule has 23 heavy (non-hydrogen) atoms. The number of nitro groups is 1. The van der Waals surface area contributed by atoms with Gasteiger partial charge >= 0.3 is 5.69 Å². The third-order valence-electron chi connectivity index (χ3n) is 4.47. The predicted molar refractivity (Wildman–Crippen MR) is 86.6 cm³/mol. The molecular formula is C15H23N5O3. The number of ether oxygens (including phenoxy) is 1. The van der Waals surface area contributed by atoms with Gasteiger partial charge in [0, 0.05) is 25.3 Å². The number of aromatic nitrogens is 2. The fraction of sp³-hybridized carbons (Fsp3) is 0.733. The van der Waals surface area contributed by atoms with Gasteiger partial charge in [0.2, 0.25) is 11.8 Å². The monoisotopic (exact) mass is 321 g/mol. The van der Waals surface area contributed by atoms with Gasteiger partial charge in [0.25, 0.3) is 0 Å². The highest BCUT2D eigenvalue weighted by atomic mass is 16.6. The molecule has 1 aliphatic carbocycles.